The zero-order valence-corrected chi connectivity index (χ0v) is 7.45. The highest BCUT2D eigenvalue weighted by Gasteiger charge is 2.02. The molecule has 1 aliphatic rings. The third-order valence-corrected chi connectivity index (χ3v) is 1.53. The second kappa shape index (κ2) is 6.37. The average molecular weight is 176 g/mol. The van der Waals surface area contributed by atoms with E-state index in [9.17, 15) is 0 Å². The summed E-state index contributed by atoms with van der Waals surface area (Å²) in [6, 6.07) is 0. The lowest BCUT2D eigenvalue weighted by Gasteiger charge is -2.12. The molecule has 1 heterocycles. The monoisotopic (exact) mass is 176 g/mol. The van der Waals surface area contributed by atoms with Crippen LogP contribution in [0.1, 0.15) is 6.92 Å². The van der Waals surface area contributed by atoms with Gasteiger partial charge >= 0.3 is 0 Å². The molecule has 1 fully saturated rings. The van der Waals surface area contributed by atoms with Gasteiger partial charge in [0.1, 0.15) is 0 Å². The fourth-order valence-electron chi connectivity index (χ4n) is 0.916. The smallest absolute Gasteiger partial charge is 0.155 e. The van der Waals surface area contributed by atoms with Crippen molar-refractivity contribution in [3.63, 3.8) is 0 Å². The summed E-state index contributed by atoms with van der Waals surface area (Å²) < 4.78 is 21.0. The largest absolute Gasteiger partial charge is 0.377 e. The van der Waals surface area contributed by atoms with Crippen molar-refractivity contribution in [1.82, 2.24) is 0 Å². The summed E-state index contributed by atoms with van der Waals surface area (Å²) in [6.07, 6.45) is -0.157. The van der Waals surface area contributed by atoms with Gasteiger partial charge in [-0.25, -0.2) is 0 Å². The molecule has 0 aromatic carbocycles. The van der Waals surface area contributed by atoms with Crippen LogP contribution in [0.25, 0.3) is 0 Å². The summed E-state index contributed by atoms with van der Waals surface area (Å²) in [5.74, 6) is 0. The van der Waals surface area contributed by atoms with Gasteiger partial charge in [-0.1, -0.05) is 0 Å². The summed E-state index contributed by atoms with van der Waals surface area (Å²) in [5.41, 5.74) is 0. The van der Waals surface area contributed by atoms with Crippen molar-refractivity contribution >= 4 is 0 Å². The van der Waals surface area contributed by atoms with Crippen molar-refractivity contribution < 1.29 is 18.9 Å². The molecule has 0 bridgehead atoms. The van der Waals surface area contributed by atoms with E-state index in [-0.39, 0.29) is 6.29 Å². The minimum absolute atomic E-state index is 0.157. The molecular weight excluding hydrogens is 160 g/mol. The van der Waals surface area contributed by atoms with Gasteiger partial charge < -0.3 is 18.9 Å². The van der Waals surface area contributed by atoms with E-state index in [4.69, 9.17) is 18.9 Å². The van der Waals surface area contributed by atoms with Gasteiger partial charge in [0.15, 0.2) is 6.29 Å². The molecule has 4 nitrogen and oxygen atoms in total. The molecule has 1 saturated heterocycles. The van der Waals surface area contributed by atoms with E-state index < -0.39 is 0 Å². The first-order chi connectivity index (χ1) is 5.89. The first-order valence-electron chi connectivity index (χ1n) is 4.28. The molecule has 0 amide bonds. The summed E-state index contributed by atoms with van der Waals surface area (Å²) in [7, 11) is 0. The highest BCUT2D eigenvalue weighted by molar-refractivity contribution is 4.39. The molecule has 0 N–H and O–H groups in total. The molecule has 0 aliphatic carbocycles. The van der Waals surface area contributed by atoms with Crippen LogP contribution in [0.4, 0.5) is 0 Å². The molecule has 72 valence electrons. The fraction of sp³-hybridized carbons (Fsp3) is 1.00. The third-order valence-electron chi connectivity index (χ3n) is 1.53. The van der Waals surface area contributed by atoms with Crippen molar-refractivity contribution in [2.24, 2.45) is 0 Å². The molecule has 0 aromatic rings. The van der Waals surface area contributed by atoms with Crippen LogP contribution < -0.4 is 0 Å². The Bertz CT molecular complexity index is 95.2. The first-order valence-corrected chi connectivity index (χ1v) is 4.28. The van der Waals surface area contributed by atoms with E-state index in [2.05, 4.69) is 0 Å². The molecule has 0 unspecified atom stereocenters. The molecule has 0 atom stereocenters. The Morgan fingerprint density at radius 3 is 1.67 bits per heavy atom. The SMILES string of the molecule is CC1OCCOCCOCCO1. The van der Waals surface area contributed by atoms with Crippen LogP contribution in [0, 0.1) is 0 Å². The Hall–Kier alpha value is -0.160. The Labute approximate surface area is 72.7 Å². The summed E-state index contributed by atoms with van der Waals surface area (Å²) in [5, 5.41) is 0. The molecule has 0 aromatic heterocycles. The predicted octanol–water partition coefficient (Wildman–Crippen LogP) is 0.412. The molecule has 0 spiro atoms. The van der Waals surface area contributed by atoms with E-state index in [0.717, 1.165) is 0 Å². The van der Waals surface area contributed by atoms with E-state index in [1.54, 1.807) is 0 Å². The Balaban J connectivity index is 2.13. The maximum absolute atomic E-state index is 5.27. The quantitative estimate of drug-likeness (QED) is 0.535. The summed E-state index contributed by atoms with van der Waals surface area (Å²) >= 11 is 0. The van der Waals surface area contributed by atoms with Crippen molar-refractivity contribution in [2.75, 3.05) is 39.6 Å². The van der Waals surface area contributed by atoms with Crippen LogP contribution >= 0.6 is 0 Å². The van der Waals surface area contributed by atoms with Crippen LogP contribution in [0.15, 0.2) is 0 Å². The molecule has 0 saturated carbocycles. The van der Waals surface area contributed by atoms with Crippen LogP contribution in [0.5, 0.6) is 0 Å². The first kappa shape index (κ1) is 9.92. The third kappa shape index (κ3) is 4.66. The Morgan fingerprint density at radius 1 is 0.750 bits per heavy atom. The topological polar surface area (TPSA) is 36.9 Å². The maximum Gasteiger partial charge on any atom is 0.155 e. The van der Waals surface area contributed by atoms with Crippen molar-refractivity contribution in [1.29, 1.82) is 0 Å². The molecule has 12 heavy (non-hydrogen) atoms. The van der Waals surface area contributed by atoms with Crippen molar-refractivity contribution in [2.45, 2.75) is 13.2 Å². The number of hydrogen-bond donors (Lipinski definition) is 0. The fourth-order valence-corrected chi connectivity index (χ4v) is 0.916. The zero-order chi connectivity index (χ0) is 8.65. The second-order valence-corrected chi connectivity index (χ2v) is 2.53. The van der Waals surface area contributed by atoms with Crippen LogP contribution in [-0.2, 0) is 18.9 Å². The van der Waals surface area contributed by atoms with Crippen LogP contribution in [0.3, 0.4) is 0 Å². The summed E-state index contributed by atoms with van der Waals surface area (Å²) in [6.45, 7) is 5.53. The van der Waals surface area contributed by atoms with Crippen LogP contribution in [-0.4, -0.2) is 45.9 Å². The lowest BCUT2D eigenvalue weighted by atomic mass is 10.7. The van der Waals surface area contributed by atoms with Gasteiger partial charge in [0.2, 0.25) is 0 Å². The van der Waals surface area contributed by atoms with E-state index in [1.807, 2.05) is 6.92 Å². The number of hydrogen-bond acceptors (Lipinski definition) is 4. The highest BCUT2D eigenvalue weighted by atomic mass is 16.7. The number of ether oxygens (including phenoxy) is 4. The van der Waals surface area contributed by atoms with Gasteiger partial charge in [0, 0.05) is 0 Å². The standard InChI is InChI=1S/C8H16O4/c1-8-11-6-4-9-2-3-10-5-7-12-8/h8H,2-7H2,1H3. The second-order valence-electron chi connectivity index (χ2n) is 2.53. The highest BCUT2D eigenvalue weighted by Crippen LogP contribution is 1.95. The lowest BCUT2D eigenvalue weighted by molar-refractivity contribution is -0.140. The normalized spacial score (nSPS) is 24.8. The predicted molar refractivity (Wildman–Crippen MR) is 43.0 cm³/mol. The molecule has 4 heteroatoms. The molecule has 0 radical (unpaired) electrons. The molecular formula is C8H16O4. The summed E-state index contributed by atoms with van der Waals surface area (Å²) in [4.78, 5) is 0. The maximum atomic E-state index is 5.27. The van der Waals surface area contributed by atoms with Gasteiger partial charge in [0.25, 0.3) is 0 Å². The Morgan fingerprint density at radius 2 is 1.17 bits per heavy atom. The average Bonchev–Trinajstić information content (AvgIpc) is 2.11. The van der Waals surface area contributed by atoms with Gasteiger partial charge in [0.05, 0.1) is 39.6 Å². The van der Waals surface area contributed by atoms with Crippen LogP contribution in [0.2, 0.25) is 0 Å². The van der Waals surface area contributed by atoms with Crippen molar-refractivity contribution in [3.8, 4) is 0 Å². The van der Waals surface area contributed by atoms with Gasteiger partial charge in [-0.15, -0.1) is 0 Å². The van der Waals surface area contributed by atoms with E-state index in [0.29, 0.717) is 39.6 Å². The van der Waals surface area contributed by atoms with Gasteiger partial charge in [-0.3, -0.25) is 0 Å². The number of rotatable bonds is 0. The zero-order valence-electron chi connectivity index (χ0n) is 7.45. The molecule has 1 rings (SSSR count). The minimum atomic E-state index is -0.157. The Kier molecular flexibility index (Phi) is 5.27. The minimum Gasteiger partial charge on any atom is -0.377 e. The van der Waals surface area contributed by atoms with E-state index in [1.165, 1.54) is 0 Å². The molecule has 1 aliphatic heterocycles. The van der Waals surface area contributed by atoms with E-state index >= 15 is 0 Å². The van der Waals surface area contributed by atoms with Gasteiger partial charge in [-0.2, -0.15) is 0 Å². The lowest BCUT2D eigenvalue weighted by Crippen LogP contribution is -2.17. The van der Waals surface area contributed by atoms with Crippen molar-refractivity contribution in [3.05, 3.63) is 0 Å². The van der Waals surface area contributed by atoms with Gasteiger partial charge in [-0.05, 0) is 6.92 Å².